The van der Waals surface area contributed by atoms with Gasteiger partial charge in [0.15, 0.2) is 11.5 Å². The van der Waals surface area contributed by atoms with Crippen LogP contribution in [0, 0.1) is 19.8 Å². The van der Waals surface area contributed by atoms with Crippen LogP contribution in [0.25, 0.3) is 0 Å². The lowest BCUT2D eigenvalue weighted by Crippen LogP contribution is -2.31. The minimum atomic E-state index is -0.679. The van der Waals surface area contributed by atoms with E-state index in [1.165, 1.54) is 4.90 Å². The van der Waals surface area contributed by atoms with E-state index in [1.54, 1.807) is 19.2 Å². The Hall–Kier alpha value is -3.08. The molecule has 0 radical (unpaired) electrons. The maximum Gasteiger partial charge on any atom is 0.294 e. The number of ketones is 1. The molecular formula is C24H27NO4. The number of carbonyl (C=O) groups excluding carboxylic acids is 2. The van der Waals surface area contributed by atoms with Crippen molar-refractivity contribution in [1.29, 1.82) is 0 Å². The molecule has 152 valence electrons. The van der Waals surface area contributed by atoms with Crippen molar-refractivity contribution in [2.24, 2.45) is 5.92 Å². The molecule has 0 bridgehead atoms. The van der Waals surface area contributed by atoms with Crippen LogP contribution in [-0.2, 0) is 9.59 Å². The van der Waals surface area contributed by atoms with Crippen LogP contribution >= 0.6 is 0 Å². The Labute approximate surface area is 171 Å². The fraction of sp³-hybridized carbons (Fsp3) is 0.333. The molecule has 0 aliphatic carbocycles. The quantitative estimate of drug-likeness (QED) is 0.763. The summed E-state index contributed by atoms with van der Waals surface area (Å²) in [6, 6.07) is 12.2. The number of anilines is 1. The number of Topliss-reactive ketones (excluding diaryl/α,β-unsaturated/α-hetero) is 1. The summed E-state index contributed by atoms with van der Waals surface area (Å²) in [5.41, 5.74) is 3.69. The maximum atomic E-state index is 13.1. The molecule has 0 fully saturated rings. The van der Waals surface area contributed by atoms with Crippen LogP contribution < -0.4 is 9.64 Å². The Balaban J connectivity index is 2.15. The number of aliphatic hydroxyl groups is 1. The first-order chi connectivity index (χ1) is 13.7. The number of nitrogens with zero attached hydrogens (tertiary/aromatic N) is 1. The molecule has 2 aromatic carbocycles. The summed E-state index contributed by atoms with van der Waals surface area (Å²) >= 11 is 0. The van der Waals surface area contributed by atoms with E-state index < -0.39 is 17.7 Å². The van der Waals surface area contributed by atoms with Crippen LogP contribution in [0.1, 0.15) is 43.0 Å². The fourth-order valence-electron chi connectivity index (χ4n) is 3.61. The van der Waals surface area contributed by atoms with E-state index in [-0.39, 0.29) is 23.7 Å². The third-order valence-corrected chi connectivity index (χ3v) is 5.30. The van der Waals surface area contributed by atoms with Gasteiger partial charge in [0, 0.05) is 12.1 Å². The minimum absolute atomic E-state index is 0.116. The van der Waals surface area contributed by atoms with Crippen LogP contribution in [0.15, 0.2) is 53.8 Å². The smallest absolute Gasteiger partial charge is 0.294 e. The van der Waals surface area contributed by atoms with Crippen molar-refractivity contribution in [2.45, 2.75) is 40.2 Å². The summed E-state index contributed by atoms with van der Waals surface area (Å²) in [4.78, 5) is 27.6. The average Bonchev–Trinajstić information content (AvgIpc) is 2.95. The Morgan fingerprint density at radius 1 is 1.10 bits per heavy atom. The molecule has 0 aromatic heterocycles. The third kappa shape index (κ3) is 3.90. The van der Waals surface area contributed by atoms with E-state index in [0.29, 0.717) is 11.4 Å². The first-order valence-electron chi connectivity index (χ1n) is 9.75. The number of ether oxygens (including phenoxy) is 1. The minimum Gasteiger partial charge on any atom is -0.503 e. The highest BCUT2D eigenvalue weighted by Crippen LogP contribution is 2.42. The van der Waals surface area contributed by atoms with Crippen molar-refractivity contribution in [3.8, 4) is 5.75 Å². The van der Waals surface area contributed by atoms with Gasteiger partial charge < -0.3 is 9.84 Å². The molecule has 0 saturated heterocycles. The predicted octanol–water partition coefficient (Wildman–Crippen LogP) is 4.83. The summed E-state index contributed by atoms with van der Waals surface area (Å²) in [5.74, 6) is -0.432. The van der Waals surface area contributed by atoms with Gasteiger partial charge in [0.2, 0.25) is 0 Å². The average molecular weight is 393 g/mol. The molecule has 3 rings (SSSR count). The summed E-state index contributed by atoms with van der Waals surface area (Å²) < 4.78 is 5.23. The number of hydrogen-bond donors (Lipinski definition) is 1. The van der Waals surface area contributed by atoms with Crippen molar-refractivity contribution in [3.05, 3.63) is 70.5 Å². The summed E-state index contributed by atoms with van der Waals surface area (Å²) in [7, 11) is 1.58. The van der Waals surface area contributed by atoms with Crippen molar-refractivity contribution in [2.75, 3.05) is 12.0 Å². The monoisotopic (exact) mass is 393 g/mol. The van der Waals surface area contributed by atoms with Gasteiger partial charge in [-0.25, -0.2) is 0 Å². The number of benzene rings is 2. The number of aliphatic hydroxyl groups excluding tert-OH is 1. The normalized spacial score (nSPS) is 16.7. The number of methoxy groups -OCH3 is 1. The van der Waals surface area contributed by atoms with E-state index in [0.717, 1.165) is 16.7 Å². The second-order valence-corrected chi connectivity index (χ2v) is 7.90. The summed E-state index contributed by atoms with van der Waals surface area (Å²) in [5, 5.41) is 10.7. The molecular weight excluding hydrogens is 366 g/mol. The van der Waals surface area contributed by atoms with Crippen molar-refractivity contribution in [3.63, 3.8) is 0 Å². The lowest BCUT2D eigenvalue weighted by atomic mass is 9.92. The number of hydrogen-bond acceptors (Lipinski definition) is 4. The van der Waals surface area contributed by atoms with Gasteiger partial charge in [-0.05, 0) is 60.7 Å². The van der Waals surface area contributed by atoms with Crippen molar-refractivity contribution >= 4 is 17.4 Å². The number of rotatable bonds is 6. The predicted molar refractivity (Wildman–Crippen MR) is 113 cm³/mol. The standard InChI is InChI=1S/C24H27NO4/c1-14(2)12-20(26)21-22(17-7-10-19(29-5)11-8-17)25(24(28)23(21)27)18-9-6-15(3)16(4)13-18/h6-11,13-14,22,27H,12H2,1-5H3. The largest absolute Gasteiger partial charge is 0.503 e. The molecule has 29 heavy (non-hydrogen) atoms. The number of amides is 1. The Kier molecular flexibility index (Phi) is 5.78. The van der Waals surface area contributed by atoms with Gasteiger partial charge in [-0.15, -0.1) is 0 Å². The summed E-state index contributed by atoms with van der Waals surface area (Å²) in [6.07, 6.45) is 0.264. The molecule has 2 aromatic rings. The molecule has 1 unspecified atom stereocenters. The molecule has 1 N–H and O–H groups in total. The molecule has 1 aliphatic heterocycles. The second-order valence-electron chi connectivity index (χ2n) is 7.90. The van der Waals surface area contributed by atoms with E-state index in [4.69, 9.17) is 4.74 Å². The Morgan fingerprint density at radius 3 is 2.31 bits per heavy atom. The topological polar surface area (TPSA) is 66.8 Å². The van der Waals surface area contributed by atoms with Gasteiger partial charge in [-0.2, -0.15) is 0 Å². The first kappa shape index (κ1) is 20.6. The third-order valence-electron chi connectivity index (χ3n) is 5.30. The van der Waals surface area contributed by atoms with Crippen LogP contribution in [0.4, 0.5) is 5.69 Å². The molecule has 1 heterocycles. The van der Waals surface area contributed by atoms with E-state index >= 15 is 0 Å². The molecule has 1 atom stereocenters. The zero-order valence-corrected chi connectivity index (χ0v) is 17.5. The van der Waals surface area contributed by atoms with Crippen LogP contribution in [0.5, 0.6) is 5.75 Å². The highest BCUT2D eigenvalue weighted by Gasteiger charge is 2.44. The molecule has 5 heteroatoms. The fourth-order valence-corrected chi connectivity index (χ4v) is 3.61. The lowest BCUT2D eigenvalue weighted by Gasteiger charge is -2.27. The summed E-state index contributed by atoms with van der Waals surface area (Å²) in [6.45, 7) is 7.85. The van der Waals surface area contributed by atoms with Gasteiger partial charge in [-0.1, -0.05) is 32.0 Å². The van der Waals surface area contributed by atoms with E-state index in [9.17, 15) is 14.7 Å². The zero-order valence-electron chi connectivity index (χ0n) is 17.5. The molecule has 5 nitrogen and oxygen atoms in total. The van der Waals surface area contributed by atoms with E-state index in [1.807, 2.05) is 58.0 Å². The van der Waals surface area contributed by atoms with Gasteiger partial charge in [0.1, 0.15) is 5.75 Å². The molecule has 1 amide bonds. The Morgan fingerprint density at radius 2 is 1.76 bits per heavy atom. The van der Waals surface area contributed by atoms with Gasteiger partial charge in [0.25, 0.3) is 5.91 Å². The van der Waals surface area contributed by atoms with Crippen LogP contribution in [0.3, 0.4) is 0 Å². The van der Waals surface area contributed by atoms with Crippen LogP contribution in [0.2, 0.25) is 0 Å². The molecule has 0 saturated carbocycles. The van der Waals surface area contributed by atoms with Gasteiger partial charge in [0.05, 0.1) is 18.7 Å². The van der Waals surface area contributed by atoms with Gasteiger partial charge >= 0.3 is 0 Å². The lowest BCUT2D eigenvalue weighted by molar-refractivity contribution is -0.118. The van der Waals surface area contributed by atoms with Crippen molar-refractivity contribution in [1.82, 2.24) is 0 Å². The van der Waals surface area contributed by atoms with E-state index in [2.05, 4.69) is 0 Å². The van der Waals surface area contributed by atoms with Crippen LogP contribution in [-0.4, -0.2) is 23.9 Å². The highest BCUT2D eigenvalue weighted by atomic mass is 16.5. The second kappa shape index (κ2) is 8.11. The first-order valence-corrected chi connectivity index (χ1v) is 9.75. The zero-order chi connectivity index (χ0) is 21.3. The maximum absolute atomic E-state index is 13.1. The highest BCUT2D eigenvalue weighted by molar-refractivity contribution is 6.16. The molecule has 1 aliphatic rings. The SMILES string of the molecule is COc1ccc(C2C(C(=O)CC(C)C)=C(O)C(=O)N2c2ccc(C)c(C)c2)cc1. The van der Waals surface area contributed by atoms with Gasteiger partial charge in [-0.3, -0.25) is 14.5 Å². The Bertz CT molecular complexity index is 973. The molecule has 0 spiro atoms. The number of aryl methyl sites for hydroxylation is 2. The van der Waals surface area contributed by atoms with Crippen molar-refractivity contribution < 1.29 is 19.4 Å². The number of carbonyl (C=O) groups is 2.